The molecule has 0 fully saturated rings. The molecule has 0 radical (unpaired) electrons. The average molecular weight is 311 g/mol. The number of rotatable bonds is 5. The van der Waals surface area contributed by atoms with E-state index in [1.54, 1.807) is 20.3 Å². The first-order valence-electron chi connectivity index (χ1n) is 6.25. The van der Waals surface area contributed by atoms with Crippen LogP contribution >= 0.6 is 23.2 Å². The van der Waals surface area contributed by atoms with Gasteiger partial charge in [0.2, 0.25) is 0 Å². The molecule has 0 aliphatic heterocycles. The molecule has 0 bridgehead atoms. The van der Waals surface area contributed by atoms with Crippen LogP contribution in [0, 0.1) is 0 Å². The van der Waals surface area contributed by atoms with Crippen molar-refractivity contribution in [2.75, 3.05) is 14.2 Å². The van der Waals surface area contributed by atoms with Crippen molar-refractivity contribution in [2.24, 2.45) is 0 Å². The molecule has 106 valence electrons. The zero-order valence-electron chi connectivity index (χ0n) is 11.4. The van der Waals surface area contributed by atoms with E-state index >= 15 is 0 Å². The second kappa shape index (κ2) is 6.87. The van der Waals surface area contributed by atoms with Crippen LogP contribution in [-0.2, 0) is 6.42 Å². The van der Waals surface area contributed by atoms with Crippen molar-refractivity contribution in [3.05, 3.63) is 58.6 Å². The molecule has 0 amide bonds. The molecule has 1 atom stereocenters. The van der Waals surface area contributed by atoms with Crippen LogP contribution in [0.3, 0.4) is 0 Å². The maximum Gasteiger partial charge on any atom is 0.162 e. The van der Waals surface area contributed by atoms with E-state index in [0.29, 0.717) is 22.9 Å². The fourth-order valence-corrected chi connectivity index (χ4v) is 2.74. The number of ether oxygens (including phenoxy) is 2. The predicted octanol–water partition coefficient (Wildman–Crippen LogP) is 4.88. The van der Waals surface area contributed by atoms with Gasteiger partial charge in [0, 0.05) is 11.1 Å². The maximum absolute atomic E-state index is 6.49. The van der Waals surface area contributed by atoms with Gasteiger partial charge in [-0.25, -0.2) is 0 Å². The van der Waals surface area contributed by atoms with Crippen molar-refractivity contribution in [2.45, 2.75) is 11.8 Å². The molecule has 1 unspecified atom stereocenters. The van der Waals surface area contributed by atoms with E-state index in [2.05, 4.69) is 0 Å². The van der Waals surface area contributed by atoms with Gasteiger partial charge in [-0.05, 0) is 23.6 Å². The fourth-order valence-electron chi connectivity index (χ4n) is 2.04. The molecule has 2 nitrogen and oxygen atoms in total. The third-order valence-corrected chi connectivity index (χ3v) is 3.81. The maximum atomic E-state index is 6.49. The molecule has 0 saturated heterocycles. The molecule has 2 rings (SSSR count). The van der Waals surface area contributed by atoms with Crippen molar-refractivity contribution in [1.29, 1.82) is 0 Å². The Kier molecular flexibility index (Phi) is 5.16. The molecule has 0 spiro atoms. The first kappa shape index (κ1) is 15.0. The number of alkyl halides is 1. The van der Waals surface area contributed by atoms with Crippen LogP contribution in [0.25, 0.3) is 0 Å². The first-order valence-corrected chi connectivity index (χ1v) is 7.06. The molecule has 20 heavy (non-hydrogen) atoms. The van der Waals surface area contributed by atoms with E-state index in [9.17, 15) is 0 Å². The number of benzene rings is 2. The Hall–Kier alpha value is -1.38. The Morgan fingerprint density at radius 3 is 2.20 bits per heavy atom. The molecular weight excluding hydrogens is 295 g/mol. The van der Waals surface area contributed by atoms with Gasteiger partial charge in [-0.1, -0.05) is 41.9 Å². The van der Waals surface area contributed by atoms with Gasteiger partial charge in [0.1, 0.15) is 0 Å². The highest BCUT2D eigenvalue weighted by Gasteiger charge is 2.17. The number of hydrogen-bond donors (Lipinski definition) is 0. The molecule has 0 aliphatic rings. The van der Waals surface area contributed by atoms with Crippen LogP contribution in [0.4, 0.5) is 0 Å². The van der Waals surface area contributed by atoms with E-state index in [1.165, 1.54) is 5.56 Å². The summed E-state index contributed by atoms with van der Waals surface area (Å²) in [7, 11) is 3.17. The number of halogens is 2. The lowest BCUT2D eigenvalue weighted by Gasteiger charge is -2.15. The first-order chi connectivity index (χ1) is 9.65. The van der Waals surface area contributed by atoms with Crippen molar-refractivity contribution < 1.29 is 9.47 Å². The van der Waals surface area contributed by atoms with E-state index in [-0.39, 0.29) is 5.38 Å². The highest BCUT2D eigenvalue weighted by molar-refractivity contribution is 6.33. The fraction of sp³-hybridized carbons (Fsp3) is 0.250. The third-order valence-electron chi connectivity index (χ3n) is 3.10. The van der Waals surface area contributed by atoms with Crippen molar-refractivity contribution >= 4 is 23.2 Å². The van der Waals surface area contributed by atoms with Gasteiger partial charge in [-0.2, -0.15) is 0 Å². The minimum atomic E-state index is -0.218. The molecule has 0 N–H and O–H groups in total. The smallest absolute Gasteiger partial charge is 0.162 e. The Morgan fingerprint density at radius 2 is 1.60 bits per heavy atom. The van der Waals surface area contributed by atoms with E-state index in [0.717, 1.165) is 5.56 Å². The second-order valence-electron chi connectivity index (χ2n) is 4.39. The molecule has 0 aromatic heterocycles. The predicted molar refractivity (Wildman–Crippen MR) is 83.3 cm³/mol. The van der Waals surface area contributed by atoms with Crippen molar-refractivity contribution in [3.63, 3.8) is 0 Å². The van der Waals surface area contributed by atoms with E-state index in [1.807, 2.05) is 36.4 Å². The Bertz CT molecular complexity index is 570. The Balaban J connectivity index is 2.27. The topological polar surface area (TPSA) is 18.5 Å². The van der Waals surface area contributed by atoms with Gasteiger partial charge in [0.25, 0.3) is 0 Å². The van der Waals surface area contributed by atoms with Gasteiger partial charge >= 0.3 is 0 Å². The van der Waals surface area contributed by atoms with Crippen molar-refractivity contribution in [1.82, 2.24) is 0 Å². The molecule has 0 heterocycles. The van der Waals surface area contributed by atoms with Crippen LogP contribution in [0.2, 0.25) is 5.02 Å². The third kappa shape index (κ3) is 3.38. The van der Waals surface area contributed by atoms with Crippen LogP contribution < -0.4 is 9.47 Å². The number of methoxy groups -OCH3 is 2. The van der Waals surface area contributed by atoms with Crippen LogP contribution in [0.1, 0.15) is 16.5 Å². The van der Waals surface area contributed by atoms with Crippen molar-refractivity contribution in [3.8, 4) is 11.5 Å². The molecule has 0 saturated carbocycles. The summed E-state index contributed by atoms with van der Waals surface area (Å²) in [5, 5.41) is 0.364. The van der Waals surface area contributed by atoms with E-state index in [4.69, 9.17) is 32.7 Å². The summed E-state index contributed by atoms with van der Waals surface area (Å²) >= 11 is 12.8. The van der Waals surface area contributed by atoms with Gasteiger partial charge in [-0.3, -0.25) is 0 Å². The normalized spacial score (nSPS) is 12.0. The highest BCUT2D eigenvalue weighted by atomic mass is 35.5. The van der Waals surface area contributed by atoms with Crippen LogP contribution in [0.15, 0.2) is 42.5 Å². The molecular formula is C16H16Cl2O2. The minimum Gasteiger partial charge on any atom is -0.493 e. The van der Waals surface area contributed by atoms with Gasteiger partial charge in [0.15, 0.2) is 11.5 Å². The van der Waals surface area contributed by atoms with Gasteiger partial charge in [-0.15, -0.1) is 11.6 Å². The minimum absolute atomic E-state index is 0.218. The largest absolute Gasteiger partial charge is 0.493 e. The molecule has 2 aromatic rings. The summed E-state index contributed by atoms with van der Waals surface area (Å²) in [6.45, 7) is 0. The summed E-state index contributed by atoms with van der Waals surface area (Å²) < 4.78 is 10.5. The Labute approximate surface area is 129 Å². The molecule has 4 heteroatoms. The van der Waals surface area contributed by atoms with Crippen LogP contribution in [0.5, 0.6) is 11.5 Å². The molecule has 2 aromatic carbocycles. The lowest BCUT2D eigenvalue weighted by Crippen LogP contribution is -1.99. The zero-order valence-corrected chi connectivity index (χ0v) is 12.9. The standard InChI is InChI=1S/C16H16Cl2O2/c1-19-15-9-12(14(18)10-16(15)20-2)13(17)8-11-6-4-3-5-7-11/h3-7,9-10,13H,8H2,1-2H3. The summed E-state index contributed by atoms with van der Waals surface area (Å²) in [4.78, 5) is 0. The lowest BCUT2D eigenvalue weighted by molar-refractivity contribution is 0.354. The quantitative estimate of drug-likeness (QED) is 0.733. The second-order valence-corrected chi connectivity index (χ2v) is 5.32. The summed E-state index contributed by atoms with van der Waals surface area (Å²) in [5.41, 5.74) is 2.01. The number of hydrogen-bond acceptors (Lipinski definition) is 2. The Morgan fingerprint density at radius 1 is 1.00 bits per heavy atom. The average Bonchev–Trinajstić information content (AvgIpc) is 2.47. The van der Waals surface area contributed by atoms with Gasteiger partial charge < -0.3 is 9.47 Å². The zero-order chi connectivity index (χ0) is 14.5. The van der Waals surface area contributed by atoms with E-state index < -0.39 is 0 Å². The summed E-state index contributed by atoms with van der Waals surface area (Å²) in [6, 6.07) is 13.6. The van der Waals surface area contributed by atoms with Crippen LogP contribution in [-0.4, -0.2) is 14.2 Å². The summed E-state index contributed by atoms with van der Waals surface area (Å²) in [6.07, 6.45) is 0.706. The highest BCUT2D eigenvalue weighted by Crippen LogP contribution is 2.38. The SMILES string of the molecule is COc1cc(Cl)c(C(Cl)Cc2ccccc2)cc1OC. The summed E-state index contributed by atoms with van der Waals surface area (Å²) in [5.74, 6) is 1.23. The van der Waals surface area contributed by atoms with Gasteiger partial charge in [0.05, 0.1) is 19.6 Å². The lowest BCUT2D eigenvalue weighted by atomic mass is 10.0. The molecule has 0 aliphatic carbocycles. The monoisotopic (exact) mass is 310 g/mol.